The van der Waals surface area contributed by atoms with E-state index in [2.05, 4.69) is 22.2 Å². The van der Waals surface area contributed by atoms with E-state index in [-0.39, 0.29) is 0 Å². The van der Waals surface area contributed by atoms with Crippen molar-refractivity contribution in [1.29, 1.82) is 0 Å². The highest BCUT2D eigenvalue weighted by atomic mass is 16.5. The molecule has 5 heteroatoms. The van der Waals surface area contributed by atoms with Crippen LogP contribution in [-0.4, -0.2) is 29.2 Å². The number of rotatable bonds is 7. The minimum Gasteiger partial charge on any atom is -0.384 e. The Hall–Kier alpha value is -1.36. The van der Waals surface area contributed by atoms with E-state index in [0.29, 0.717) is 11.9 Å². The molecule has 20 heavy (non-hydrogen) atoms. The SMILES string of the molecule is CCCc1nc(N)cc(NCCOC2CCCCC2)n1. The molecule has 0 atom stereocenters. The number of hydrogen-bond acceptors (Lipinski definition) is 5. The van der Waals surface area contributed by atoms with E-state index in [1.165, 1.54) is 32.1 Å². The van der Waals surface area contributed by atoms with Crippen molar-refractivity contribution in [2.24, 2.45) is 0 Å². The Morgan fingerprint density at radius 3 is 2.85 bits per heavy atom. The van der Waals surface area contributed by atoms with Gasteiger partial charge in [-0.05, 0) is 19.3 Å². The van der Waals surface area contributed by atoms with E-state index in [1.54, 1.807) is 6.07 Å². The molecule has 1 fully saturated rings. The molecule has 1 aliphatic carbocycles. The van der Waals surface area contributed by atoms with Crippen LogP contribution in [0.4, 0.5) is 11.6 Å². The first-order chi connectivity index (χ1) is 9.78. The molecule has 0 radical (unpaired) electrons. The zero-order valence-corrected chi connectivity index (χ0v) is 12.4. The molecule has 1 aromatic heterocycles. The van der Waals surface area contributed by atoms with Gasteiger partial charge < -0.3 is 15.8 Å². The van der Waals surface area contributed by atoms with E-state index in [0.717, 1.165) is 37.6 Å². The zero-order chi connectivity index (χ0) is 14.2. The lowest BCUT2D eigenvalue weighted by molar-refractivity contribution is 0.0347. The number of nitrogen functional groups attached to an aromatic ring is 1. The summed E-state index contributed by atoms with van der Waals surface area (Å²) in [6.45, 7) is 3.59. The van der Waals surface area contributed by atoms with Gasteiger partial charge in [-0.15, -0.1) is 0 Å². The molecule has 0 spiro atoms. The van der Waals surface area contributed by atoms with E-state index >= 15 is 0 Å². The Balaban J connectivity index is 1.72. The number of hydrogen-bond donors (Lipinski definition) is 2. The largest absolute Gasteiger partial charge is 0.384 e. The van der Waals surface area contributed by atoms with Gasteiger partial charge in [0.25, 0.3) is 0 Å². The Morgan fingerprint density at radius 1 is 1.30 bits per heavy atom. The van der Waals surface area contributed by atoms with Gasteiger partial charge >= 0.3 is 0 Å². The lowest BCUT2D eigenvalue weighted by Gasteiger charge is -2.22. The number of nitrogens with two attached hydrogens (primary N) is 1. The molecular weight excluding hydrogens is 252 g/mol. The number of aryl methyl sites for hydroxylation is 1. The van der Waals surface area contributed by atoms with E-state index in [4.69, 9.17) is 10.5 Å². The highest BCUT2D eigenvalue weighted by molar-refractivity contribution is 5.44. The third-order valence-corrected chi connectivity index (χ3v) is 3.58. The summed E-state index contributed by atoms with van der Waals surface area (Å²) in [7, 11) is 0. The molecule has 1 aliphatic rings. The third-order valence-electron chi connectivity index (χ3n) is 3.58. The summed E-state index contributed by atoms with van der Waals surface area (Å²) in [5.41, 5.74) is 5.79. The van der Waals surface area contributed by atoms with Crippen LogP contribution in [0, 0.1) is 0 Å². The van der Waals surface area contributed by atoms with Crippen LogP contribution in [0.5, 0.6) is 0 Å². The van der Waals surface area contributed by atoms with Crippen molar-refractivity contribution in [2.75, 3.05) is 24.2 Å². The standard InChI is InChI=1S/C15H26N4O/c1-2-6-14-18-13(16)11-15(19-14)17-9-10-20-12-7-4-3-5-8-12/h11-12H,2-10H2,1H3,(H3,16,17,18,19). The predicted octanol–water partition coefficient (Wildman–Crippen LogP) is 2.77. The predicted molar refractivity (Wildman–Crippen MR) is 81.8 cm³/mol. The average molecular weight is 278 g/mol. The molecule has 112 valence electrons. The normalized spacial score (nSPS) is 16.2. The number of anilines is 2. The summed E-state index contributed by atoms with van der Waals surface area (Å²) >= 11 is 0. The zero-order valence-electron chi connectivity index (χ0n) is 12.4. The molecule has 3 N–H and O–H groups in total. The molecule has 1 aromatic rings. The maximum Gasteiger partial charge on any atom is 0.133 e. The minimum atomic E-state index is 0.455. The molecule has 2 rings (SSSR count). The summed E-state index contributed by atoms with van der Waals surface area (Å²) in [6.07, 6.45) is 8.73. The van der Waals surface area contributed by atoms with Gasteiger partial charge in [-0.3, -0.25) is 0 Å². The third kappa shape index (κ3) is 4.96. The number of ether oxygens (including phenoxy) is 1. The Bertz CT molecular complexity index is 405. The highest BCUT2D eigenvalue weighted by Gasteiger charge is 2.13. The summed E-state index contributed by atoms with van der Waals surface area (Å²) < 4.78 is 5.88. The van der Waals surface area contributed by atoms with E-state index in [1.807, 2.05) is 0 Å². The summed E-state index contributed by atoms with van der Waals surface area (Å²) in [5, 5.41) is 3.27. The van der Waals surface area contributed by atoms with Crippen LogP contribution in [0.2, 0.25) is 0 Å². The number of nitrogens with one attached hydrogen (secondary N) is 1. The molecule has 1 heterocycles. The minimum absolute atomic E-state index is 0.455. The smallest absolute Gasteiger partial charge is 0.133 e. The van der Waals surface area contributed by atoms with Crippen molar-refractivity contribution in [3.05, 3.63) is 11.9 Å². The van der Waals surface area contributed by atoms with E-state index in [9.17, 15) is 0 Å². The van der Waals surface area contributed by atoms with Crippen LogP contribution in [0.1, 0.15) is 51.3 Å². The monoisotopic (exact) mass is 278 g/mol. The molecule has 0 aromatic carbocycles. The lowest BCUT2D eigenvalue weighted by atomic mass is 9.98. The van der Waals surface area contributed by atoms with Gasteiger partial charge in [-0.25, -0.2) is 9.97 Å². The average Bonchev–Trinajstić information content (AvgIpc) is 2.45. The Morgan fingerprint density at radius 2 is 2.10 bits per heavy atom. The molecule has 0 bridgehead atoms. The van der Waals surface area contributed by atoms with Crippen LogP contribution < -0.4 is 11.1 Å². The quantitative estimate of drug-likeness (QED) is 0.750. The molecule has 5 nitrogen and oxygen atoms in total. The van der Waals surface area contributed by atoms with Gasteiger partial charge in [0.15, 0.2) is 0 Å². The second kappa shape index (κ2) is 8.04. The van der Waals surface area contributed by atoms with Gasteiger partial charge in [0.2, 0.25) is 0 Å². The number of nitrogens with zero attached hydrogens (tertiary/aromatic N) is 2. The second-order valence-corrected chi connectivity index (χ2v) is 5.40. The maximum absolute atomic E-state index is 5.88. The van der Waals surface area contributed by atoms with Crippen molar-refractivity contribution in [3.8, 4) is 0 Å². The first kappa shape index (κ1) is 15.0. The van der Waals surface area contributed by atoms with Crippen LogP contribution >= 0.6 is 0 Å². The topological polar surface area (TPSA) is 73.1 Å². The lowest BCUT2D eigenvalue weighted by Crippen LogP contribution is -2.21. The van der Waals surface area contributed by atoms with E-state index < -0.39 is 0 Å². The van der Waals surface area contributed by atoms with Crippen molar-refractivity contribution in [3.63, 3.8) is 0 Å². The van der Waals surface area contributed by atoms with Gasteiger partial charge in [0.1, 0.15) is 17.5 Å². The van der Waals surface area contributed by atoms with Gasteiger partial charge in [0, 0.05) is 19.0 Å². The maximum atomic E-state index is 5.88. The Labute approximate surface area is 121 Å². The fourth-order valence-corrected chi connectivity index (χ4v) is 2.58. The van der Waals surface area contributed by atoms with Gasteiger partial charge in [0.05, 0.1) is 12.7 Å². The second-order valence-electron chi connectivity index (χ2n) is 5.40. The first-order valence-electron chi connectivity index (χ1n) is 7.77. The van der Waals surface area contributed by atoms with Gasteiger partial charge in [-0.2, -0.15) is 0 Å². The highest BCUT2D eigenvalue weighted by Crippen LogP contribution is 2.20. The molecule has 0 aliphatic heterocycles. The van der Waals surface area contributed by atoms with Crippen molar-refractivity contribution in [2.45, 2.75) is 58.0 Å². The van der Waals surface area contributed by atoms with Crippen molar-refractivity contribution >= 4 is 11.6 Å². The molecule has 0 amide bonds. The van der Waals surface area contributed by atoms with Crippen LogP contribution in [0.3, 0.4) is 0 Å². The fraction of sp³-hybridized carbons (Fsp3) is 0.733. The summed E-state index contributed by atoms with van der Waals surface area (Å²) in [5.74, 6) is 2.13. The molecule has 0 saturated heterocycles. The van der Waals surface area contributed by atoms with Gasteiger partial charge in [-0.1, -0.05) is 26.2 Å². The number of aromatic nitrogens is 2. The summed E-state index contributed by atoms with van der Waals surface area (Å²) in [6, 6.07) is 1.78. The van der Waals surface area contributed by atoms with Crippen molar-refractivity contribution < 1.29 is 4.74 Å². The van der Waals surface area contributed by atoms with Crippen LogP contribution in [0.15, 0.2) is 6.07 Å². The molecular formula is C15H26N4O. The van der Waals surface area contributed by atoms with Crippen LogP contribution in [-0.2, 0) is 11.2 Å². The molecule has 0 unspecified atom stereocenters. The summed E-state index contributed by atoms with van der Waals surface area (Å²) in [4.78, 5) is 8.67. The Kier molecular flexibility index (Phi) is 6.05. The molecule has 1 saturated carbocycles. The van der Waals surface area contributed by atoms with Crippen molar-refractivity contribution in [1.82, 2.24) is 9.97 Å². The first-order valence-corrected chi connectivity index (χ1v) is 7.77. The fourth-order valence-electron chi connectivity index (χ4n) is 2.58. The van der Waals surface area contributed by atoms with Crippen LogP contribution in [0.25, 0.3) is 0 Å².